The Bertz CT molecular complexity index is 1430. The summed E-state index contributed by atoms with van der Waals surface area (Å²) in [5.74, 6) is -0.209. The van der Waals surface area contributed by atoms with Crippen LogP contribution in [0.3, 0.4) is 0 Å². The average Bonchev–Trinajstić information content (AvgIpc) is 3.40. The van der Waals surface area contributed by atoms with Crippen LogP contribution in [0.1, 0.15) is 232 Å². The van der Waals surface area contributed by atoms with Crippen LogP contribution in [0.25, 0.3) is 0 Å². The lowest BCUT2D eigenvalue weighted by molar-refractivity contribution is -0.359. The normalized spacial score (nSPS) is 25.5. The van der Waals surface area contributed by atoms with Gasteiger partial charge in [0.1, 0.15) is 48.8 Å². The molecule has 2 rings (SSSR count). The first-order valence-electron chi connectivity index (χ1n) is 29.9. The smallest absolute Gasteiger partial charge is 0.220 e. The number of rotatable bonds is 47. The lowest BCUT2D eigenvalue weighted by Gasteiger charge is -2.46. The Balaban J connectivity index is 1.72. The van der Waals surface area contributed by atoms with E-state index >= 15 is 0 Å². The maximum absolute atomic E-state index is 13.3. The number of aliphatic hydroxyl groups excluding tert-OH is 8. The van der Waals surface area contributed by atoms with Crippen LogP contribution in [0.15, 0.2) is 48.6 Å². The van der Waals surface area contributed by atoms with Gasteiger partial charge in [0, 0.05) is 6.42 Å². The van der Waals surface area contributed by atoms with Gasteiger partial charge in [-0.1, -0.05) is 223 Å². The highest BCUT2D eigenvalue weighted by Gasteiger charge is 2.51. The Morgan fingerprint density at radius 3 is 1.43 bits per heavy atom. The van der Waals surface area contributed by atoms with E-state index in [0.717, 1.165) is 83.5 Å². The predicted octanol–water partition coefficient (Wildman–Crippen LogP) is 10.0. The fourth-order valence-electron chi connectivity index (χ4n) is 9.76. The molecule has 2 heterocycles. The second kappa shape index (κ2) is 45.9. The van der Waals surface area contributed by atoms with E-state index in [-0.39, 0.29) is 12.5 Å². The van der Waals surface area contributed by atoms with Gasteiger partial charge in [0.15, 0.2) is 12.6 Å². The van der Waals surface area contributed by atoms with Crippen molar-refractivity contribution in [2.75, 3.05) is 19.8 Å². The molecule has 1 amide bonds. The molecule has 0 aliphatic carbocycles. The van der Waals surface area contributed by atoms with Crippen molar-refractivity contribution in [1.82, 2.24) is 5.32 Å². The molecule has 2 fully saturated rings. The van der Waals surface area contributed by atoms with Crippen LogP contribution in [-0.4, -0.2) is 140 Å². The summed E-state index contributed by atoms with van der Waals surface area (Å²) < 4.78 is 22.8. The topological polar surface area (TPSA) is 228 Å². The summed E-state index contributed by atoms with van der Waals surface area (Å²) in [6.45, 7) is 2.75. The Labute approximate surface area is 448 Å². The highest BCUT2D eigenvalue weighted by atomic mass is 16.7. The average molecular weight is 1050 g/mol. The van der Waals surface area contributed by atoms with E-state index in [1.54, 1.807) is 0 Å². The summed E-state index contributed by atoms with van der Waals surface area (Å²) in [5, 5.41) is 87.2. The van der Waals surface area contributed by atoms with E-state index < -0.39 is 86.8 Å². The number of nitrogens with one attached hydrogen (secondary N) is 1. The van der Waals surface area contributed by atoms with Gasteiger partial charge in [-0.3, -0.25) is 4.79 Å². The number of amides is 1. The first kappa shape index (κ1) is 68.1. The second-order valence-corrected chi connectivity index (χ2v) is 21.1. The summed E-state index contributed by atoms with van der Waals surface area (Å²) in [6.07, 6.45) is 39.6. The van der Waals surface area contributed by atoms with Crippen LogP contribution in [0.4, 0.5) is 0 Å². The van der Waals surface area contributed by atoms with Gasteiger partial charge in [0.25, 0.3) is 0 Å². The van der Waals surface area contributed by atoms with Crippen LogP contribution in [-0.2, 0) is 23.7 Å². The Morgan fingerprint density at radius 1 is 0.500 bits per heavy atom. The molecule has 432 valence electrons. The minimum atomic E-state index is -1.78. The highest BCUT2D eigenvalue weighted by Crippen LogP contribution is 2.30. The van der Waals surface area contributed by atoms with Crippen LogP contribution in [0, 0.1) is 0 Å². The second-order valence-electron chi connectivity index (χ2n) is 21.1. The van der Waals surface area contributed by atoms with Crippen molar-refractivity contribution in [3.63, 3.8) is 0 Å². The van der Waals surface area contributed by atoms with Crippen LogP contribution in [0.5, 0.6) is 0 Å². The van der Waals surface area contributed by atoms with Gasteiger partial charge in [-0.15, -0.1) is 0 Å². The van der Waals surface area contributed by atoms with Gasteiger partial charge in [-0.25, -0.2) is 0 Å². The molecule has 9 N–H and O–H groups in total. The van der Waals surface area contributed by atoms with Crippen molar-refractivity contribution >= 4 is 5.91 Å². The van der Waals surface area contributed by atoms with Crippen molar-refractivity contribution in [2.24, 2.45) is 0 Å². The number of unbranched alkanes of at least 4 members (excludes halogenated alkanes) is 26. The summed E-state index contributed by atoms with van der Waals surface area (Å²) in [6, 6.07) is -0.830. The summed E-state index contributed by atoms with van der Waals surface area (Å²) in [5.41, 5.74) is 0. The van der Waals surface area contributed by atoms with Crippen LogP contribution < -0.4 is 5.32 Å². The summed E-state index contributed by atoms with van der Waals surface area (Å²) in [4.78, 5) is 13.3. The van der Waals surface area contributed by atoms with Crippen LogP contribution in [0.2, 0.25) is 0 Å². The fraction of sp³-hybridized carbons (Fsp3) is 0.850. The van der Waals surface area contributed by atoms with E-state index in [1.165, 1.54) is 122 Å². The molecule has 0 spiro atoms. The first-order valence-corrected chi connectivity index (χ1v) is 29.9. The molecule has 14 nitrogen and oxygen atoms in total. The maximum Gasteiger partial charge on any atom is 0.220 e. The zero-order chi connectivity index (χ0) is 53.9. The Kier molecular flexibility index (Phi) is 42.2. The summed E-state index contributed by atoms with van der Waals surface area (Å²) >= 11 is 0. The first-order chi connectivity index (χ1) is 36.1. The van der Waals surface area contributed by atoms with E-state index in [9.17, 15) is 45.6 Å². The third-order valence-electron chi connectivity index (χ3n) is 14.6. The van der Waals surface area contributed by atoms with Gasteiger partial charge in [0.2, 0.25) is 5.91 Å². The molecular formula is C60H109NO13. The molecule has 2 aliphatic rings. The molecule has 12 atom stereocenters. The van der Waals surface area contributed by atoms with Crippen molar-refractivity contribution in [3.05, 3.63) is 48.6 Å². The van der Waals surface area contributed by atoms with Crippen molar-refractivity contribution in [1.29, 1.82) is 0 Å². The largest absolute Gasteiger partial charge is 0.394 e. The van der Waals surface area contributed by atoms with Gasteiger partial charge < -0.3 is 65.1 Å². The SMILES string of the molecule is CC/C=C\C/C=C\C/C=C\C/C=C\CCCCCCCCCCCCCCC(=O)NC(COC1OC(CO)C(OC2OC(CO)C(O)C(O)C2O)C(O)C1O)C(O)CCCCCCCCCCCCCCCCC. The molecule has 12 unspecified atom stereocenters. The van der Waals surface area contributed by atoms with Crippen LogP contribution >= 0.6 is 0 Å². The number of hydrogen-bond donors (Lipinski definition) is 9. The monoisotopic (exact) mass is 1050 g/mol. The molecule has 0 aromatic carbocycles. The highest BCUT2D eigenvalue weighted by molar-refractivity contribution is 5.76. The minimum absolute atomic E-state index is 0.209. The van der Waals surface area contributed by atoms with Gasteiger partial charge in [0.05, 0.1) is 32.0 Å². The quantitative estimate of drug-likeness (QED) is 0.0205. The standard InChI is InChI=1S/C60H109NO13/c1-3-5-7-9-11-13-15-17-19-20-21-22-23-24-25-26-27-28-30-32-34-36-38-40-42-44-52(65)61-48(49(64)43-41-39-37-35-33-31-29-18-16-14-12-10-8-6-4-2)47-71-59-57(70)55(68)58(51(46-63)73-59)74-60-56(69)54(67)53(66)50(45-62)72-60/h5,7,11,13,17,19,21-22,48-51,53-60,62-64,66-70H,3-4,6,8-10,12,14-16,18,20,23-47H2,1-2H3,(H,61,65)/b7-5-,13-11-,19-17-,22-21-. The number of aliphatic hydroxyl groups is 8. The molecule has 2 saturated heterocycles. The lowest BCUT2D eigenvalue weighted by atomic mass is 9.97. The Morgan fingerprint density at radius 2 is 0.932 bits per heavy atom. The molecule has 0 saturated carbocycles. The molecule has 14 heteroatoms. The number of allylic oxidation sites excluding steroid dienone is 8. The molecule has 2 aliphatic heterocycles. The number of carbonyl (C=O) groups is 1. The summed E-state index contributed by atoms with van der Waals surface area (Å²) in [7, 11) is 0. The number of hydrogen-bond acceptors (Lipinski definition) is 13. The zero-order valence-corrected chi connectivity index (χ0v) is 46.3. The number of ether oxygens (including phenoxy) is 4. The van der Waals surface area contributed by atoms with Crippen molar-refractivity contribution in [3.8, 4) is 0 Å². The molecule has 0 radical (unpaired) electrons. The van der Waals surface area contributed by atoms with Gasteiger partial charge in [-0.2, -0.15) is 0 Å². The van der Waals surface area contributed by atoms with Gasteiger partial charge in [-0.05, 0) is 51.4 Å². The van der Waals surface area contributed by atoms with Crippen molar-refractivity contribution in [2.45, 2.75) is 306 Å². The van der Waals surface area contributed by atoms with E-state index in [4.69, 9.17) is 18.9 Å². The Hall–Kier alpha value is -2.05. The van der Waals surface area contributed by atoms with E-state index in [2.05, 4.69) is 67.8 Å². The molecule has 74 heavy (non-hydrogen) atoms. The van der Waals surface area contributed by atoms with Crippen molar-refractivity contribution < 1.29 is 64.6 Å². The zero-order valence-electron chi connectivity index (χ0n) is 46.3. The fourth-order valence-corrected chi connectivity index (χ4v) is 9.76. The molecule has 0 aromatic heterocycles. The van der Waals surface area contributed by atoms with Gasteiger partial charge >= 0.3 is 0 Å². The minimum Gasteiger partial charge on any atom is -0.394 e. The molecule has 0 aromatic rings. The molecular weight excluding hydrogens is 943 g/mol. The lowest BCUT2D eigenvalue weighted by Crippen LogP contribution is -2.65. The third-order valence-corrected chi connectivity index (χ3v) is 14.6. The maximum atomic E-state index is 13.3. The predicted molar refractivity (Wildman–Crippen MR) is 295 cm³/mol. The third kappa shape index (κ3) is 31.4. The number of carbonyl (C=O) groups excluding carboxylic acids is 1. The van der Waals surface area contributed by atoms with E-state index in [0.29, 0.717) is 12.8 Å². The van der Waals surface area contributed by atoms with E-state index in [1.807, 2.05) is 0 Å². The molecule has 0 bridgehead atoms.